The number of amides is 1. The molecule has 0 spiro atoms. The van der Waals surface area contributed by atoms with Crippen LogP contribution in [0, 0.1) is 6.92 Å². The second kappa shape index (κ2) is 9.93. The number of nitrogens with one attached hydrogen (secondary N) is 1. The first kappa shape index (κ1) is 24.9. The van der Waals surface area contributed by atoms with E-state index in [1.54, 1.807) is 21.1 Å². The van der Waals surface area contributed by atoms with Gasteiger partial charge in [-0.15, -0.1) is 0 Å². The van der Waals surface area contributed by atoms with Crippen molar-refractivity contribution in [3.63, 3.8) is 0 Å². The lowest BCUT2D eigenvalue weighted by atomic mass is 10.0. The maximum atomic E-state index is 13.2. The van der Waals surface area contributed by atoms with Gasteiger partial charge in [0.15, 0.2) is 0 Å². The van der Waals surface area contributed by atoms with E-state index in [0.29, 0.717) is 39.3 Å². The summed E-state index contributed by atoms with van der Waals surface area (Å²) in [6.07, 6.45) is 3.58. The van der Waals surface area contributed by atoms with Gasteiger partial charge in [0.05, 0.1) is 20.3 Å². The molecule has 2 aromatic heterocycles. The van der Waals surface area contributed by atoms with E-state index in [2.05, 4.69) is 15.4 Å². The van der Waals surface area contributed by atoms with E-state index in [0.717, 1.165) is 30.4 Å². The lowest BCUT2D eigenvalue weighted by Gasteiger charge is -2.34. The Morgan fingerprint density at radius 2 is 1.97 bits per heavy atom. The topological polar surface area (TPSA) is 97.2 Å². The summed E-state index contributed by atoms with van der Waals surface area (Å²) in [5.41, 5.74) is 1.74. The maximum absolute atomic E-state index is 13.2. The molecule has 36 heavy (non-hydrogen) atoms. The summed E-state index contributed by atoms with van der Waals surface area (Å²) in [6.45, 7) is 4.38. The zero-order valence-electron chi connectivity index (χ0n) is 19.9. The Hall–Kier alpha value is -2.79. The fraction of sp³-hybridized carbons (Fsp3) is 0.320. The van der Waals surface area contributed by atoms with Crippen molar-refractivity contribution in [1.82, 2.24) is 19.1 Å². The number of para-hydroxylation sites is 1. The SMILES string of the molecule is CCC1CCCCN1S(=O)(=O)c1ccc(C(=O)Nc2cc(C)nn2-c2nc3c(Cl)cccc3s2)cc1. The molecule has 11 heteroatoms. The number of nitrogens with zero attached hydrogens (tertiary/aromatic N) is 4. The summed E-state index contributed by atoms with van der Waals surface area (Å²) in [7, 11) is -3.61. The number of piperidine rings is 1. The molecule has 0 bridgehead atoms. The number of fused-ring (bicyclic) bond motifs is 1. The van der Waals surface area contributed by atoms with Crippen LogP contribution >= 0.6 is 22.9 Å². The molecule has 8 nitrogen and oxygen atoms in total. The Kier molecular flexibility index (Phi) is 6.86. The molecule has 4 aromatic rings. The molecule has 1 atom stereocenters. The monoisotopic (exact) mass is 543 g/mol. The summed E-state index contributed by atoms with van der Waals surface area (Å²) in [5.74, 6) is 0.0899. The zero-order chi connectivity index (χ0) is 25.4. The minimum Gasteiger partial charge on any atom is -0.306 e. The molecule has 0 saturated carbocycles. The molecule has 188 valence electrons. The smallest absolute Gasteiger partial charge is 0.256 e. The van der Waals surface area contributed by atoms with E-state index in [9.17, 15) is 13.2 Å². The first-order valence-electron chi connectivity index (χ1n) is 11.8. The summed E-state index contributed by atoms with van der Waals surface area (Å²) >= 11 is 7.69. The van der Waals surface area contributed by atoms with Gasteiger partial charge in [0.1, 0.15) is 11.3 Å². The Labute approximate surface area is 219 Å². The predicted octanol–water partition coefficient (Wildman–Crippen LogP) is 5.65. The summed E-state index contributed by atoms with van der Waals surface area (Å²) in [6, 6.07) is 13.4. The minimum absolute atomic E-state index is 0.0210. The van der Waals surface area contributed by atoms with Gasteiger partial charge in [-0.1, -0.05) is 42.3 Å². The van der Waals surface area contributed by atoms with Gasteiger partial charge in [-0.05, 0) is 62.6 Å². The van der Waals surface area contributed by atoms with Crippen LogP contribution in [-0.2, 0) is 10.0 Å². The van der Waals surface area contributed by atoms with Crippen molar-refractivity contribution in [1.29, 1.82) is 0 Å². The Morgan fingerprint density at radius 1 is 1.19 bits per heavy atom. The number of carbonyl (C=O) groups excluding carboxylic acids is 1. The van der Waals surface area contributed by atoms with E-state index in [1.807, 2.05) is 26.0 Å². The molecule has 2 aromatic carbocycles. The van der Waals surface area contributed by atoms with Gasteiger partial charge in [0.25, 0.3) is 5.91 Å². The van der Waals surface area contributed by atoms with Crippen LogP contribution in [0.25, 0.3) is 15.3 Å². The van der Waals surface area contributed by atoms with Crippen molar-refractivity contribution in [3.05, 3.63) is 64.8 Å². The molecular weight excluding hydrogens is 518 g/mol. The largest absolute Gasteiger partial charge is 0.306 e. The van der Waals surface area contributed by atoms with Crippen molar-refractivity contribution < 1.29 is 13.2 Å². The maximum Gasteiger partial charge on any atom is 0.256 e. The number of aryl methyl sites for hydroxylation is 1. The first-order valence-corrected chi connectivity index (χ1v) is 14.5. The van der Waals surface area contributed by atoms with Crippen LogP contribution in [0.1, 0.15) is 48.7 Å². The summed E-state index contributed by atoms with van der Waals surface area (Å²) in [5, 5.41) is 8.49. The number of benzene rings is 2. The molecule has 0 aliphatic carbocycles. The molecule has 1 unspecified atom stereocenters. The Morgan fingerprint density at radius 3 is 2.69 bits per heavy atom. The Balaban J connectivity index is 1.38. The molecule has 1 aliphatic rings. The van der Waals surface area contributed by atoms with Crippen LogP contribution in [0.15, 0.2) is 53.4 Å². The highest BCUT2D eigenvalue weighted by Crippen LogP contribution is 2.31. The van der Waals surface area contributed by atoms with Gasteiger partial charge in [-0.25, -0.2) is 13.4 Å². The van der Waals surface area contributed by atoms with Crippen molar-refractivity contribution in [2.45, 2.75) is 50.5 Å². The van der Waals surface area contributed by atoms with E-state index >= 15 is 0 Å². The van der Waals surface area contributed by atoms with Crippen LogP contribution in [-0.4, -0.2) is 46.0 Å². The summed E-state index contributed by atoms with van der Waals surface area (Å²) < 4.78 is 30.6. The number of hydrogen-bond acceptors (Lipinski definition) is 6. The molecule has 0 radical (unpaired) electrons. The predicted molar refractivity (Wildman–Crippen MR) is 143 cm³/mol. The van der Waals surface area contributed by atoms with Gasteiger partial charge in [0.2, 0.25) is 15.2 Å². The Bertz CT molecular complexity index is 1530. The lowest BCUT2D eigenvalue weighted by molar-refractivity contribution is 0.102. The van der Waals surface area contributed by atoms with Gasteiger partial charge in [-0.3, -0.25) is 4.79 Å². The first-order chi connectivity index (χ1) is 17.3. The average molecular weight is 544 g/mol. The normalized spacial score (nSPS) is 16.9. The molecular formula is C25H26ClN5O3S2. The second-order valence-corrected chi connectivity index (χ2v) is 12.1. The number of rotatable bonds is 6. The van der Waals surface area contributed by atoms with Crippen LogP contribution in [0.4, 0.5) is 5.82 Å². The van der Waals surface area contributed by atoms with Crippen LogP contribution < -0.4 is 5.32 Å². The molecule has 3 heterocycles. The number of aromatic nitrogens is 3. The minimum atomic E-state index is -3.61. The second-order valence-electron chi connectivity index (χ2n) is 8.82. The standard InChI is InChI=1S/C25H26ClN5O3S2/c1-3-18-7-4-5-14-30(18)36(33,34)19-12-10-17(11-13-19)24(32)27-22-15-16(2)29-31(22)25-28-23-20(26)8-6-9-21(23)35-25/h6,8-13,15,18H,3-5,7,14H2,1-2H3,(H,27,32). The van der Waals surface area contributed by atoms with Crippen LogP contribution in [0.5, 0.6) is 0 Å². The fourth-order valence-corrected chi connectivity index (χ4v) is 7.53. The third-order valence-electron chi connectivity index (χ3n) is 6.38. The van der Waals surface area contributed by atoms with Crippen molar-refractivity contribution in [3.8, 4) is 5.13 Å². The number of anilines is 1. The number of carbonyl (C=O) groups is 1. The molecule has 1 N–H and O–H groups in total. The van der Waals surface area contributed by atoms with E-state index in [-0.39, 0.29) is 16.8 Å². The molecule has 1 fully saturated rings. The lowest BCUT2D eigenvalue weighted by Crippen LogP contribution is -2.43. The fourth-order valence-electron chi connectivity index (χ4n) is 4.53. The van der Waals surface area contributed by atoms with Gasteiger partial charge in [0, 0.05) is 24.2 Å². The third kappa shape index (κ3) is 4.66. The van der Waals surface area contributed by atoms with E-state index < -0.39 is 10.0 Å². The molecule has 1 saturated heterocycles. The number of thiazole rings is 1. The van der Waals surface area contributed by atoms with Crippen LogP contribution in [0.2, 0.25) is 5.02 Å². The van der Waals surface area contributed by atoms with Crippen molar-refractivity contribution in [2.24, 2.45) is 0 Å². The van der Waals surface area contributed by atoms with Gasteiger partial charge >= 0.3 is 0 Å². The molecule has 5 rings (SSSR count). The van der Waals surface area contributed by atoms with E-state index in [1.165, 1.54) is 35.6 Å². The van der Waals surface area contributed by atoms with Gasteiger partial charge in [-0.2, -0.15) is 14.1 Å². The van der Waals surface area contributed by atoms with Crippen molar-refractivity contribution in [2.75, 3.05) is 11.9 Å². The highest BCUT2D eigenvalue weighted by molar-refractivity contribution is 7.89. The highest BCUT2D eigenvalue weighted by Gasteiger charge is 2.32. The van der Waals surface area contributed by atoms with E-state index in [4.69, 9.17) is 11.6 Å². The van der Waals surface area contributed by atoms with Gasteiger partial charge < -0.3 is 5.32 Å². The summed E-state index contributed by atoms with van der Waals surface area (Å²) in [4.78, 5) is 17.8. The molecule has 1 aliphatic heterocycles. The number of sulfonamides is 1. The quantitative estimate of drug-likeness (QED) is 0.339. The zero-order valence-corrected chi connectivity index (χ0v) is 22.3. The van der Waals surface area contributed by atoms with Crippen LogP contribution in [0.3, 0.4) is 0 Å². The number of hydrogen-bond donors (Lipinski definition) is 1. The number of halogens is 1. The molecule has 1 amide bonds. The average Bonchev–Trinajstić information content (AvgIpc) is 3.48. The van der Waals surface area contributed by atoms with Crippen molar-refractivity contribution >= 4 is 54.9 Å². The highest BCUT2D eigenvalue weighted by atomic mass is 35.5. The third-order valence-corrected chi connectivity index (χ3v) is 9.65.